The minimum atomic E-state index is -0.283. The monoisotopic (exact) mass is 434 g/mol. The summed E-state index contributed by atoms with van der Waals surface area (Å²) >= 11 is 1.42. The SMILES string of the molecule is Cc1ccc(CCNC(=O)CSc2cc(C)nc3c(-c4ccc(F)cc4)cnn23)cc1. The minimum Gasteiger partial charge on any atom is -0.355 e. The van der Waals surface area contributed by atoms with Crippen molar-refractivity contribution in [1.29, 1.82) is 0 Å². The summed E-state index contributed by atoms with van der Waals surface area (Å²) in [5, 5.41) is 8.27. The number of aryl methyl sites for hydroxylation is 2. The number of carbonyl (C=O) groups is 1. The molecule has 2 heterocycles. The topological polar surface area (TPSA) is 59.3 Å². The number of nitrogens with zero attached hydrogens (tertiary/aromatic N) is 3. The van der Waals surface area contributed by atoms with Crippen LogP contribution < -0.4 is 5.32 Å². The maximum Gasteiger partial charge on any atom is 0.230 e. The van der Waals surface area contributed by atoms with Crippen molar-refractivity contribution in [2.24, 2.45) is 0 Å². The summed E-state index contributed by atoms with van der Waals surface area (Å²) in [7, 11) is 0. The number of amides is 1. The zero-order chi connectivity index (χ0) is 21.8. The lowest BCUT2D eigenvalue weighted by Crippen LogP contribution is -2.27. The first kappa shape index (κ1) is 21.1. The number of fused-ring (bicyclic) bond motifs is 1. The van der Waals surface area contributed by atoms with Gasteiger partial charge in [0.25, 0.3) is 0 Å². The predicted octanol–water partition coefficient (Wildman–Crippen LogP) is 4.60. The van der Waals surface area contributed by atoms with E-state index < -0.39 is 0 Å². The van der Waals surface area contributed by atoms with Gasteiger partial charge in [-0.3, -0.25) is 4.79 Å². The number of hydrogen-bond donors (Lipinski definition) is 1. The lowest BCUT2D eigenvalue weighted by Gasteiger charge is -2.08. The Morgan fingerprint density at radius 3 is 2.58 bits per heavy atom. The van der Waals surface area contributed by atoms with Crippen LogP contribution in [0.15, 0.2) is 65.8 Å². The van der Waals surface area contributed by atoms with E-state index >= 15 is 0 Å². The Hall–Kier alpha value is -3.19. The largest absolute Gasteiger partial charge is 0.355 e. The fourth-order valence-electron chi connectivity index (χ4n) is 3.28. The molecule has 0 saturated carbocycles. The van der Waals surface area contributed by atoms with Crippen LogP contribution in [-0.2, 0) is 11.2 Å². The van der Waals surface area contributed by atoms with Crippen LogP contribution in [0.3, 0.4) is 0 Å². The molecule has 0 bridgehead atoms. The van der Waals surface area contributed by atoms with Crippen LogP contribution in [0.2, 0.25) is 0 Å². The molecule has 4 aromatic rings. The lowest BCUT2D eigenvalue weighted by molar-refractivity contribution is -0.118. The number of halogens is 1. The number of nitrogens with one attached hydrogen (secondary N) is 1. The molecule has 0 unspecified atom stereocenters. The van der Waals surface area contributed by atoms with Crippen LogP contribution in [0.25, 0.3) is 16.8 Å². The molecular weight excluding hydrogens is 411 g/mol. The second-order valence-electron chi connectivity index (χ2n) is 7.41. The third kappa shape index (κ3) is 5.11. The molecule has 5 nitrogen and oxygen atoms in total. The number of rotatable bonds is 7. The summed E-state index contributed by atoms with van der Waals surface area (Å²) in [5.41, 5.74) is 5.62. The Kier molecular flexibility index (Phi) is 6.32. The van der Waals surface area contributed by atoms with Crippen LogP contribution in [0, 0.1) is 19.7 Å². The lowest BCUT2D eigenvalue weighted by atomic mass is 10.1. The van der Waals surface area contributed by atoms with Crippen molar-refractivity contribution in [3.05, 3.63) is 83.4 Å². The maximum atomic E-state index is 13.3. The van der Waals surface area contributed by atoms with Gasteiger partial charge in [0.15, 0.2) is 5.65 Å². The number of carbonyl (C=O) groups excluding carboxylic acids is 1. The molecular formula is C24H23FN4OS. The van der Waals surface area contributed by atoms with Crippen LogP contribution in [-0.4, -0.2) is 32.8 Å². The molecule has 0 saturated heterocycles. The van der Waals surface area contributed by atoms with Crippen molar-refractivity contribution in [2.45, 2.75) is 25.3 Å². The van der Waals surface area contributed by atoms with Gasteiger partial charge in [-0.2, -0.15) is 5.10 Å². The molecule has 7 heteroatoms. The van der Waals surface area contributed by atoms with E-state index in [1.54, 1.807) is 22.8 Å². The van der Waals surface area contributed by atoms with Gasteiger partial charge >= 0.3 is 0 Å². The number of hydrogen-bond acceptors (Lipinski definition) is 4. The predicted molar refractivity (Wildman–Crippen MR) is 122 cm³/mol. The highest BCUT2D eigenvalue weighted by Gasteiger charge is 2.13. The van der Waals surface area contributed by atoms with Crippen molar-refractivity contribution in [2.75, 3.05) is 12.3 Å². The molecule has 0 aliphatic heterocycles. The molecule has 2 aromatic heterocycles. The van der Waals surface area contributed by atoms with Gasteiger partial charge in [0, 0.05) is 17.8 Å². The number of aromatic nitrogens is 3. The second-order valence-corrected chi connectivity index (χ2v) is 8.41. The first-order chi connectivity index (χ1) is 15.0. The molecule has 0 aliphatic rings. The average molecular weight is 435 g/mol. The average Bonchev–Trinajstić information content (AvgIpc) is 3.18. The second kappa shape index (κ2) is 9.31. The zero-order valence-corrected chi connectivity index (χ0v) is 18.2. The highest BCUT2D eigenvalue weighted by Crippen LogP contribution is 2.27. The Bertz CT molecular complexity index is 1200. The van der Waals surface area contributed by atoms with Crippen LogP contribution in [0.5, 0.6) is 0 Å². The third-order valence-corrected chi connectivity index (χ3v) is 5.92. The standard InChI is InChI=1S/C24H23FN4OS/c1-16-3-5-18(6-4-16)11-12-26-22(30)15-31-23-13-17(2)28-24-21(14-27-29(23)24)19-7-9-20(25)10-8-19/h3-10,13-14H,11-12,15H2,1-2H3,(H,26,30). The molecule has 0 fully saturated rings. The van der Waals surface area contributed by atoms with Crippen LogP contribution in [0.1, 0.15) is 16.8 Å². The minimum absolute atomic E-state index is 0.0226. The Balaban J connectivity index is 1.41. The van der Waals surface area contributed by atoms with Gasteiger partial charge in [-0.05, 0) is 49.6 Å². The summed E-state index contributed by atoms with van der Waals surface area (Å²) in [6.45, 7) is 4.57. The summed E-state index contributed by atoms with van der Waals surface area (Å²) in [6.07, 6.45) is 2.52. The van der Waals surface area contributed by atoms with E-state index in [1.807, 2.05) is 13.0 Å². The quantitative estimate of drug-likeness (QED) is 0.341. The normalized spacial score (nSPS) is 11.1. The molecule has 1 amide bonds. The van der Waals surface area contributed by atoms with E-state index in [-0.39, 0.29) is 17.5 Å². The fraction of sp³-hybridized carbons (Fsp3) is 0.208. The van der Waals surface area contributed by atoms with Gasteiger partial charge in [-0.15, -0.1) is 0 Å². The number of thioether (sulfide) groups is 1. The van der Waals surface area contributed by atoms with E-state index in [1.165, 1.54) is 35.0 Å². The first-order valence-electron chi connectivity index (χ1n) is 10.1. The highest BCUT2D eigenvalue weighted by atomic mass is 32.2. The van der Waals surface area contributed by atoms with Crippen molar-refractivity contribution < 1.29 is 9.18 Å². The van der Waals surface area contributed by atoms with Gasteiger partial charge in [0.2, 0.25) is 5.91 Å². The van der Waals surface area contributed by atoms with Gasteiger partial charge in [0.05, 0.1) is 11.9 Å². The zero-order valence-electron chi connectivity index (χ0n) is 17.4. The van der Waals surface area contributed by atoms with Crippen LogP contribution in [0.4, 0.5) is 4.39 Å². The first-order valence-corrected chi connectivity index (χ1v) is 11.0. The van der Waals surface area contributed by atoms with Gasteiger partial charge in [0.1, 0.15) is 10.8 Å². The van der Waals surface area contributed by atoms with E-state index in [0.29, 0.717) is 12.2 Å². The third-order valence-electron chi connectivity index (χ3n) is 4.93. The molecule has 158 valence electrons. The van der Waals surface area contributed by atoms with E-state index in [4.69, 9.17) is 0 Å². The molecule has 31 heavy (non-hydrogen) atoms. The molecule has 0 aliphatic carbocycles. The number of benzene rings is 2. The summed E-state index contributed by atoms with van der Waals surface area (Å²) in [6, 6.07) is 16.5. The molecule has 0 radical (unpaired) electrons. The van der Waals surface area contributed by atoms with Gasteiger partial charge in [-0.25, -0.2) is 13.9 Å². The fourth-order valence-corrected chi connectivity index (χ4v) is 4.17. The van der Waals surface area contributed by atoms with Crippen molar-refractivity contribution in [3.8, 4) is 11.1 Å². The molecule has 0 spiro atoms. The molecule has 4 rings (SSSR count). The highest BCUT2D eigenvalue weighted by molar-refractivity contribution is 7.99. The molecule has 1 N–H and O–H groups in total. The molecule has 2 aromatic carbocycles. The molecule has 0 atom stereocenters. The van der Waals surface area contributed by atoms with Gasteiger partial charge < -0.3 is 5.32 Å². The van der Waals surface area contributed by atoms with Crippen LogP contribution >= 0.6 is 11.8 Å². The Morgan fingerprint density at radius 2 is 1.84 bits per heavy atom. The maximum absolute atomic E-state index is 13.3. The summed E-state index contributed by atoms with van der Waals surface area (Å²) in [5.74, 6) is -0.0160. The van der Waals surface area contributed by atoms with E-state index in [0.717, 1.165) is 28.3 Å². The van der Waals surface area contributed by atoms with Crippen molar-refractivity contribution in [1.82, 2.24) is 19.9 Å². The van der Waals surface area contributed by atoms with E-state index in [2.05, 4.69) is 46.6 Å². The van der Waals surface area contributed by atoms with Gasteiger partial charge in [-0.1, -0.05) is 53.7 Å². The van der Waals surface area contributed by atoms with Crippen molar-refractivity contribution in [3.63, 3.8) is 0 Å². The summed E-state index contributed by atoms with van der Waals surface area (Å²) < 4.78 is 15.0. The Morgan fingerprint density at radius 1 is 1.10 bits per heavy atom. The Labute approximate surface area is 184 Å². The van der Waals surface area contributed by atoms with Crippen molar-refractivity contribution >= 4 is 23.3 Å². The smallest absolute Gasteiger partial charge is 0.230 e. The summed E-state index contributed by atoms with van der Waals surface area (Å²) in [4.78, 5) is 16.9. The van der Waals surface area contributed by atoms with E-state index in [9.17, 15) is 9.18 Å².